The summed E-state index contributed by atoms with van der Waals surface area (Å²) in [5, 5.41) is 2.86. The summed E-state index contributed by atoms with van der Waals surface area (Å²) in [5.41, 5.74) is 1.15. The SMILES string of the molecule is CCCCCS(=O)(=O)CC(=O)NCC1(c2cccc(Br)c2)CCC1. The van der Waals surface area contributed by atoms with E-state index in [9.17, 15) is 13.2 Å². The van der Waals surface area contributed by atoms with E-state index in [-0.39, 0.29) is 17.1 Å². The first-order valence-electron chi connectivity index (χ1n) is 8.60. The first-order valence-corrected chi connectivity index (χ1v) is 11.2. The Bertz CT molecular complexity index is 669. The molecule has 0 atom stereocenters. The van der Waals surface area contributed by atoms with Crippen LogP contribution >= 0.6 is 15.9 Å². The van der Waals surface area contributed by atoms with Crippen LogP contribution in [0.2, 0.25) is 0 Å². The lowest BCUT2D eigenvalue weighted by molar-refractivity contribution is -0.119. The lowest BCUT2D eigenvalue weighted by Gasteiger charge is -2.42. The molecule has 0 aromatic heterocycles. The van der Waals surface area contributed by atoms with Gasteiger partial charge in [0.1, 0.15) is 5.75 Å². The predicted molar refractivity (Wildman–Crippen MR) is 101 cm³/mol. The summed E-state index contributed by atoms with van der Waals surface area (Å²) in [4.78, 5) is 12.1. The third-order valence-electron chi connectivity index (χ3n) is 4.78. The first-order chi connectivity index (χ1) is 11.4. The Hall–Kier alpha value is -0.880. The van der Waals surface area contributed by atoms with Crippen molar-refractivity contribution in [3.63, 3.8) is 0 Å². The van der Waals surface area contributed by atoms with Crippen LogP contribution in [0.5, 0.6) is 0 Å². The fraction of sp³-hybridized carbons (Fsp3) is 0.611. The first kappa shape index (κ1) is 19.4. The van der Waals surface area contributed by atoms with Gasteiger partial charge < -0.3 is 5.32 Å². The molecule has 0 spiro atoms. The zero-order valence-corrected chi connectivity index (χ0v) is 16.6. The zero-order chi connectivity index (χ0) is 17.6. The molecule has 134 valence electrons. The monoisotopic (exact) mass is 415 g/mol. The van der Waals surface area contributed by atoms with Crippen molar-refractivity contribution in [2.24, 2.45) is 0 Å². The number of hydrogen-bond donors (Lipinski definition) is 1. The van der Waals surface area contributed by atoms with Crippen LogP contribution in [0.15, 0.2) is 28.7 Å². The number of carbonyl (C=O) groups is 1. The molecule has 0 unspecified atom stereocenters. The molecular formula is C18H26BrNO3S. The van der Waals surface area contributed by atoms with Gasteiger partial charge in [-0.2, -0.15) is 0 Å². The maximum atomic E-state index is 12.1. The second-order valence-corrected chi connectivity index (χ2v) is 9.82. The van der Waals surface area contributed by atoms with Gasteiger partial charge in [-0.15, -0.1) is 0 Å². The number of sulfone groups is 1. The molecule has 1 aromatic carbocycles. The molecule has 6 heteroatoms. The van der Waals surface area contributed by atoms with Gasteiger partial charge in [-0.3, -0.25) is 4.79 Å². The van der Waals surface area contributed by atoms with Gasteiger partial charge >= 0.3 is 0 Å². The fourth-order valence-electron chi connectivity index (χ4n) is 3.15. The Morgan fingerprint density at radius 1 is 1.29 bits per heavy atom. The van der Waals surface area contributed by atoms with Gasteiger partial charge in [0.25, 0.3) is 0 Å². The van der Waals surface area contributed by atoms with Gasteiger partial charge in [0.2, 0.25) is 5.91 Å². The van der Waals surface area contributed by atoms with Crippen molar-refractivity contribution in [2.75, 3.05) is 18.1 Å². The molecule has 1 aliphatic rings. The summed E-state index contributed by atoms with van der Waals surface area (Å²) >= 11 is 3.49. The van der Waals surface area contributed by atoms with Crippen LogP contribution in [0, 0.1) is 0 Å². The molecular weight excluding hydrogens is 390 g/mol. The van der Waals surface area contributed by atoms with Gasteiger partial charge in [0, 0.05) is 16.4 Å². The van der Waals surface area contributed by atoms with Gasteiger partial charge in [0.15, 0.2) is 9.84 Å². The zero-order valence-electron chi connectivity index (χ0n) is 14.2. The lowest BCUT2D eigenvalue weighted by Crippen LogP contribution is -2.46. The molecule has 4 nitrogen and oxygen atoms in total. The smallest absolute Gasteiger partial charge is 0.235 e. The highest BCUT2D eigenvalue weighted by Gasteiger charge is 2.39. The Kier molecular flexibility index (Phi) is 6.87. The summed E-state index contributed by atoms with van der Waals surface area (Å²) in [6, 6.07) is 8.15. The van der Waals surface area contributed by atoms with Crippen LogP contribution in [0.4, 0.5) is 0 Å². The third kappa shape index (κ3) is 5.31. The van der Waals surface area contributed by atoms with Crippen molar-refractivity contribution in [3.8, 4) is 0 Å². The Morgan fingerprint density at radius 2 is 2.04 bits per heavy atom. The second-order valence-electron chi connectivity index (χ2n) is 6.72. The Labute approximate surface area is 153 Å². The Morgan fingerprint density at radius 3 is 2.62 bits per heavy atom. The normalized spacial score (nSPS) is 16.4. The Balaban J connectivity index is 1.90. The molecule has 1 fully saturated rings. The van der Waals surface area contributed by atoms with E-state index in [2.05, 4.69) is 33.4 Å². The quantitative estimate of drug-likeness (QED) is 0.626. The largest absolute Gasteiger partial charge is 0.354 e. The highest BCUT2D eigenvalue weighted by atomic mass is 79.9. The molecule has 0 saturated heterocycles. The van der Waals surface area contributed by atoms with E-state index in [1.165, 1.54) is 5.56 Å². The van der Waals surface area contributed by atoms with E-state index in [1.54, 1.807) is 0 Å². The minimum atomic E-state index is -3.30. The minimum absolute atomic E-state index is 0.0502. The van der Waals surface area contributed by atoms with E-state index in [0.29, 0.717) is 13.0 Å². The summed E-state index contributed by atoms with van der Waals surface area (Å²) in [7, 11) is -3.30. The molecule has 0 heterocycles. The van der Waals surface area contributed by atoms with E-state index < -0.39 is 15.6 Å². The minimum Gasteiger partial charge on any atom is -0.354 e. The average molecular weight is 416 g/mol. The number of benzene rings is 1. The summed E-state index contributed by atoms with van der Waals surface area (Å²) in [6.07, 6.45) is 5.66. The third-order valence-corrected chi connectivity index (χ3v) is 6.89. The van der Waals surface area contributed by atoms with Crippen molar-refractivity contribution in [3.05, 3.63) is 34.3 Å². The van der Waals surface area contributed by atoms with Crippen LogP contribution < -0.4 is 5.32 Å². The van der Waals surface area contributed by atoms with Gasteiger partial charge in [0.05, 0.1) is 5.75 Å². The van der Waals surface area contributed by atoms with Crippen LogP contribution in [0.1, 0.15) is 51.0 Å². The van der Waals surface area contributed by atoms with E-state index in [4.69, 9.17) is 0 Å². The standard InChI is InChI=1S/C18H26BrNO3S/c1-2-3-4-11-24(22,23)13-17(21)20-14-18(9-6-10-18)15-7-5-8-16(19)12-15/h5,7-8,12H,2-4,6,9-11,13-14H2,1H3,(H,20,21). The molecule has 0 radical (unpaired) electrons. The molecule has 0 bridgehead atoms. The maximum Gasteiger partial charge on any atom is 0.235 e. The van der Waals surface area contributed by atoms with Crippen LogP contribution in [-0.4, -0.2) is 32.4 Å². The van der Waals surface area contributed by atoms with Gasteiger partial charge in [-0.05, 0) is 37.0 Å². The highest BCUT2D eigenvalue weighted by Crippen LogP contribution is 2.43. The summed E-state index contributed by atoms with van der Waals surface area (Å²) in [6.45, 7) is 2.53. The topological polar surface area (TPSA) is 63.2 Å². The molecule has 1 aromatic rings. The molecule has 1 saturated carbocycles. The second kappa shape index (κ2) is 8.48. The van der Waals surface area contributed by atoms with E-state index in [1.807, 2.05) is 19.1 Å². The number of hydrogen-bond acceptors (Lipinski definition) is 3. The fourth-order valence-corrected chi connectivity index (χ4v) is 4.84. The number of amides is 1. The van der Waals surface area contributed by atoms with Crippen LogP contribution in [0.25, 0.3) is 0 Å². The molecule has 0 aliphatic heterocycles. The number of halogens is 1. The van der Waals surface area contributed by atoms with Crippen molar-refractivity contribution in [1.29, 1.82) is 0 Å². The summed E-state index contributed by atoms with van der Waals surface area (Å²) in [5.74, 6) is -0.677. The molecule has 1 amide bonds. The predicted octanol–water partition coefficient (Wildman–Crippen LogP) is 3.59. The highest BCUT2D eigenvalue weighted by molar-refractivity contribution is 9.10. The van der Waals surface area contributed by atoms with Crippen molar-refractivity contribution in [2.45, 2.75) is 50.9 Å². The van der Waals surface area contributed by atoms with Gasteiger partial charge in [-0.25, -0.2) is 8.42 Å². The average Bonchev–Trinajstić information content (AvgIpc) is 2.46. The van der Waals surface area contributed by atoms with Crippen molar-refractivity contribution in [1.82, 2.24) is 5.32 Å². The molecule has 2 rings (SSSR count). The molecule has 1 N–H and O–H groups in total. The van der Waals surface area contributed by atoms with Crippen molar-refractivity contribution < 1.29 is 13.2 Å². The summed E-state index contributed by atoms with van der Waals surface area (Å²) < 4.78 is 25.0. The van der Waals surface area contributed by atoms with E-state index in [0.717, 1.165) is 36.6 Å². The maximum absolute atomic E-state index is 12.1. The van der Waals surface area contributed by atoms with Crippen LogP contribution in [-0.2, 0) is 20.0 Å². The number of unbranched alkanes of at least 4 members (excludes halogenated alkanes) is 2. The van der Waals surface area contributed by atoms with Crippen molar-refractivity contribution >= 4 is 31.7 Å². The van der Waals surface area contributed by atoms with E-state index >= 15 is 0 Å². The number of carbonyl (C=O) groups excluding carboxylic acids is 1. The molecule has 24 heavy (non-hydrogen) atoms. The van der Waals surface area contributed by atoms with Gasteiger partial charge in [-0.1, -0.05) is 54.2 Å². The number of rotatable bonds is 9. The number of nitrogens with one attached hydrogen (secondary N) is 1. The lowest BCUT2D eigenvalue weighted by atomic mass is 9.64. The molecule has 1 aliphatic carbocycles. The van der Waals surface area contributed by atoms with Crippen LogP contribution in [0.3, 0.4) is 0 Å².